The zero-order valence-electron chi connectivity index (χ0n) is 10.8. The second-order valence-corrected chi connectivity index (χ2v) is 4.55. The molecule has 3 heteroatoms. The highest BCUT2D eigenvalue weighted by Gasteiger charge is 2.03. The first-order chi connectivity index (χ1) is 8.11. The summed E-state index contributed by atoms with van der Waals surface area (Å²) in [5.41, 5.74) is 1.16. The van der Waals surface area contributed by atoms with Gasteiger partial charge in [-0.05, 0) is 30.0 Å². The van der Waals surface area contributed by atoms with Gasteiger partial charge < -0.3 is 10.1 Å². The molecule has 0 aliphatic heterocycles. The Labute approximate surface area is 103 Å². The molecule has 1 rings (SSSR count). The van der Waals surface area contributed by atoms with Crippen LogP contribution in [0.4, 0.5) is 0 Å². The van der Waals surface area contributed by atoms with Gasteiger partial charge in [-0.2, -0.15) is 0 Å². The SMILES string of the molecule is COc1ccc(CCC(=O)NCC(C)C)cc1. The first-order valence-corrected chi connectivity index (χ1v) is 6.01. The molecular weight excluding hydrogens is 214 g/mol. The van der Waals surface area contributed by atoms with E-state index in [9.17, 15) is 4.79 Å². The van der Waals surface area contributed by atoms with E-state index in [4.69, 9.17) is 4.74 Å². The van der Waals surface area contributed by atoms with Crippen LogP contribution < -0.4 is 10.1 Å². The molecule has 0 bridgehead atoms. The van der Waals surface area contributed by atoms with Crippen LogP contribution in [-0.4, -0.2) is 19.6 Å². The van der Waals surface area contributed by atoms with Crippen LogP contribution in [0.1, 0.15) is 25.8 Å². The van der Waals surface area contributed by atoms with Crippen LogP contribution in [0.2, 0.25) is 0 Å². The van der Waals surface area contributed by atoms with Crippen LogP contribution in [0.15, 0.2) is 24.3 Å². The number of nitrogens with one attached hydrogen (secondary N) is 1. The quantitative estimate of drug-likeness (QED) is 0.822. The molecule has 0 spiro atoms. The summed E-state index contributed by atoms with van der Waals surface area (Å²) in [6, 6.07) is 7.83. The van der Waals surface area contributed by atoms with Crippen LogP contribution in [-0.2, 0) is 11.2 Å². The standard InChI is InChI=1S/C14H21NO2/c1-11(2)10-15-14(16)9-6-12-4-7-13(17-3)8-5-12/h4-5,7-8,11H,6,9-10H2,1-3H3,(H,15,16). The molecule has 94 valence electrons. The van der Waals surface area contributed by atoms with Crippen molar-refractivity contribution in [3.63, 3.8) is 0 Å². The second kappa shape index (κ2) is 6.94. The second-order valence-electron chi connectivity index (χ2n) is 4.55. The maximum atomic E-state index is 11.5. The lowest BCUT2D eigenvalue weighted by atomic mass is 10.1. The largest absolute Gasteiger partial charge is 0.497 e. The molecule has 1 N–H and O–H groups in total. The van der Waals surface area contributed by atoms with Gasteiger partial charge in [0.25, 0.3) is 0 Å². The lowest BCUT2D eigenvalue weighted by Crippen LogP contribution is -2.27. The molecule has 0 aliphatic rings. The van der Waals surface area contributed by atoms with Crippen LogP contribution in [0.25, 0.3) is 0 Å². The van der Waals surface area contributed by atoms with Crippen molar-refractivity contribution in [3.05, 3.63) is 29.8 Å². The van der Waals surface area contributed by atoms with Crippen molar-refractivity contribution in [1.29, 1.82) is 0 Å². The van der Waals surface area contributed by atoms with Gasteiger partial charge >= 0.3 is 0 Å². The van der Waals surface area contributed by atoms with Gasteiger partial charge in [0.15, 0.2) is 0 Å². The molecule has 0 aliphatic carbocycles. The Balaban J connectivity index is 2.31. The lowest BCUT2D eigenvalue weighted by molar-refractivity contribution is -0.121. The molecule has 0 saturated heterocycles. The average Bonchev–Trinajstić information content (AvgIpc) is 2.34. The number of rotatable bonds is 6. The van der Waals surface area contributed by atoms with Gasteiger partial charge in [0.1, 0.15) is 5.75 Å². The van der Waals surface area contributed by atoms with Crippen molar-refractivity contribution in [3.8, 4) is 5.75 Å². The van der Waals surface area contributed by atoms with Gasteiger partial charge in [0.05, 0.1) is 7.11 Å². The van der Waals surface area contributed by atoms with Crippen molar-refractivity contribution >= 4 is 5.91 Å². The van der Waals surface area contributed by atoms with Gasteiger partial charge in [-0.1, -0.05) is 26.0 Å². The number of methoxy groups -OCH3 is 1. The van der Waals surface area contributed by atoms with Crippen LogP contribution in [0.3, 0.4) is 0 Å². The fraction of sp³-hybridized carbons (Fsp3) is 0.500. The lowest BCUT2D eigenvalue weighted by Gasteiger charge is -2.07. The third-order valence-electron chi connectivity index (χ3n) is 2.51. The highest BCUT2D eigenvalue weighted by molar-refractivity contribution is 5.76. The zero-order chi connectivity index (χ0) is 12.7. The van der Waals surface area contributed by atoms with E-state index >= 15 is 0 Å². The number of benzene rings is 1. The van der Waals surface area contributed by atoms with E-state index in [-0.39, 0.29) is 5.91 Å². The predicted molar refractivity (Wildman–Crippen MR) is 69.2 cm³/mol. The Morgan fingerprint density at radius 2 is 1.94 bits per heavy atom. The van der Waals surface area contributed by atoms with Crippen LogP contribution >= 0.6 is 0 Å². The summed E-state index contributed by atoms with van der Waals surface area (Å²) in [4.78, 5) is 11.5. The molecule has 3 nitrogen and oxygen atoms in total. The number of hydrogen-bond acceptors (Lipinski definition) is 2. The summed E-state index contributed by atoms with van der Waals surface area (Å²) in [6.07, 6.45) is 1.31. The summed E-state index contributed by atoms with van der Waals surface area (Å²) in [7, 11) is 1.65. The van der Waals surface area contributed by atoms with Crippen LogP contribution in [0.5, 0.6) is 5.75 Å². The van der Waals surface area contributed by atoms with Crippen molar-refractivity contribution in [2.75, 3.05) is 13.7 Å². The van der Waals surface area contributed by atoms with Crippen molar-refractivity contribution in [2.45, 2.75) is 26.7 Å². The monoisotopic (exact) mass is 235 g/mol. The number of amides is 1. The Morgan fingerprint density at radius 1 is 1.29 bits per heavy atom. The Bertz CT molecular complexity index is 344. The molecule has 1 amide bonds. The first kappa shape index (κ1) is 13.6. The van der Waals surface area contributed by atoms with E-state index < -0.39 is 0 Å². The predicted octanol–water partition coefficient (Wildman–Crippen LogP) is 2.40. The number of ether oxygens (including phenoxy) is 1. The molecule has 0 atom stereocenters. The molecule has 17 heavy (non-hydrogen) atoms. The van der Waals surface area contributed by atoms with Gasteiger partial charge in [-0.15, -0.1) is 0 Å². The van der Waals surface area contributed by atoms with E-state index in [2.05, 4.69) is 19.2 Å². The summed E-state index contributed by atoms with van der Waals surface area (Å²) < 4.78 is 5.08. The molecule has 1 aromatic rings. The van der Waals surface area contributed by atoms with Crippen molar-refractivity contribution in [2.24, 2.45) is 5.92 Å². The smallest absolute Gasteiger partial charge is 0.220 e. The molecule has 0 aromatic heterocycles. The molecule has 1 aromatic carbocycles. The maximum Gasteiger partial charge on any atom is 0.220 e. The number of aryl methyl sites for hydroxylation is 1. The van der Waals surface area contributed by atoms with Gasteiger partial charge in [-0.3, -0.25) is 4.79 Å². The minimum atomic E-state index is 0.120. The van der Waals surface area contributed by atoms with E-state index in [0.717, 1.165) is 24.3 Å². The molecule has 0 saturated carbocycles. The van der Waals surface area contributed by atoms with Crippen LogP contribution in [0, 0.1) is 5.92 Å². The summed E-state index contributed by atoms with van der Waals surface area (Å²) in [6.45, 7) is 4.93. The third kappa shape index (κ3) is 5.38. The highest BCUT2D eigenvalue weighted by atomic mass is 16.5. The topological polar surface area (TPSA) is 38.3 Å². The molecule has 0 radical (unpaired) electrons. The van der Waals surface area contributed by atoms with Gasteiger partial charge in [0.2, 0.25) is 5.91 Å². The van der Waals surface area contributed by atoms with E-state index in [0.29, 0.717) is 12.3 Å². The van der Waals surface area contributed by atoms with E-state index in [1.165, 1.54) is 0 Å². The van der Waals surface area contributed by atoms with Crippen molar-refractivity contribution in [1.82, 2.24) is 5.32 Å². The van der Waals surface area contributed by atoms with Crippen molar-refractivity contribution < 1.29 is 9.53 Å². The minimum Gasteiger partial charge on any atom is -0.497 e. The fourth-order valence-corrected chi connectivity index (χ4v) is 1.46. The van der Waals surface area contributed by atoms with E-state index in [1.54, 1.807) is 7.11 Å². The number of hydrogen-bond donors (Lipinski definition) is 1. The third-order valence-corrected chi connectivity index (χ3v) is 2.51. The van der Waals surface area contributed by atoms with E-state index in [1.807, 2.05) is 24.3 Å². The molecule has 0 fully saturated rings. The normalized spacial score (nSPS) is 10.4. The summed E-state index contributed by atoms with van der Waals surface area (Å²) in [5.74, 6) is 1.47. The summed E-state index contributed by atoms with van der Waals surface area (Å²) >= 11 is 0. The summed E-state index contributed by atoms with van der Waals surface area (Å²) in [5, 5.41) is 2.91. The molecule has 0 heterocycles. The number of carbonyl (C=O) groups is 1. The van der Waals surface area contributed by atoms with Gasteiger partial charge in [-0.25, -0.2) is 0 Å². The van der Waals surface area contributed by atoms with Gasteiger partial charge in [0, 0.05) is 13.0 Å². The zero-order valence-corrected chi connectivity index (χ0v) is 10.8. The Morgan fingerprint density at radius 3 is 2.47 bits per heavy atom. The highest BCUT2D eigenvalue weighted by Crippen LogP contribution is 2.12. The Hall–Kier alpha value is -1.51. The number of carbonyl (C=O) groups excluding carboxylic acids is 1. The molecular formula is C14H21NO2. The maximum absolute atomic E-state index is 11.5. The molecule has 0 unspecified atom stereocenters. The minimum absolute atomic E-state index is 0.120. The average molecular weight is 235 g/mol. The first-order valence-electron chi connectivity index (χ1n) is 6.01. The fourth-order valence-electron chi connectivity index (χ4n) is 1.46. The Kier molecular flexibility index (Phi) is 5.53.